The van der Waals surface area contributed by atoms with Crippen molar-refractivity contribution in [3.8, 4) is 0 Å². The Bertz CT molecular complexity index is 379. The van der Waals surface area contributed by atoms with Crippen LogP contribution in [0, 0.1) is 0 Å². The van der Waals surface area contributed by atoms with Crippen molar-refractivity contribution in [2.45, 2.75) is 6.92 Å². The molecule has 14 heavy (non-hydrogen) atoms. The van der Waals surface area contributed by atoms with Crippen LogP contribution in [0.5, 0.6) is 0 Å². The zero-order chi connectivity index (χ0) is 10.6. The first-order valence-electron chi connectivity index (χ1n) is 4.32. The predicted octanol–water partition coefficient (Wildman–Crippen LogP) is 2.63. The van der Waals surface area contributed by atoms with E-state index in [-0.39, 0.29) is 11.5 Å². The van der Waals surface area contributed by atoms with Gasteiger partial charge in [-0.15, -0.1) is 0 Å². The number of carbonyl (C=O) groups excluding carboxylic acids is 1. The molecule has 2 heteroatoms. The van der Waals surface area contributed by atoms with E-state index in [0.717, 1.165) is 0 Å². The first-order chi connectivity index (χ1) is 6.72. The van der Waals surface area contributed by atoms with Gasteiger partial charge in [-0.05, 0) is 19.1 Å². The molecule has 0 spiro atoms. The quantitative estimate of drug-likeness (QED) is 0.546. The molecule has 0 aliphatic heterocycles. The number of hydrogen-bond acceptors (Lipinski definition) is 2. The zero-order valence-electron chi connectivity index (χ0n) is 8.03. The van der Waals surface area contributed by atoms with E-state index in [4.69, 9.17) is 0 Å². The normalized spacial score (nSPS) is 19.8. The smallest absolute Gasteiger partial charge is 0.200 e. The first kappa shape index (κ1) is 10.3. The molecule has 0 aromatic carbocycles. The fraction of sp³-hybridized carbons (Fsp3) is 0.0833. The van der Waals surface area contributed by atoms with E-state index in [1.807, 2.05) is 6.92 Å². The minimum atomic E-state index is -0.126. The topological polar surface area (TPSA) is 37.3 Å². The molecular weight excluding hydrogens is 176 g/mol. The lowest BCUT2D eigenvalue weighted by Crippen LogP contribution is -2.20. The van der Waals surface area contributed by atoms with Gasteiger partial charge in [0.15, 0.2) is 0 Å². The van der Waals surface area contributed by atoms with Crippen molar-refractivity contribution in [2.24, 2.45) is 0 Å². The fourth-order valence-corrected chi connectivity index (χ4v) is 1.11. The highest BCUT2D eigenvalue weighted by molar-refractivity contribution is 6.20. The summed E-state index contributed by atoms with van der Waals surface area (Å²) in [7, 11) is 0. The number of hydrogen-bond donors (Lipinski definition) is 1. The molecule has 0 fully saturated rings. The Morgan fingerprint density at radius 2 is 2.07 bits per heavy atom. The maximum absolute atomic E-state index is 11.4. The molecule has 1 N–H and O–H groups in total. The third kappa shape index (κ3) is 1.74. The van der Waals surface area contributed by atoms with Crippen molar-refractivity contribution in [3.63, 3.8) is 0 Å². The minimum absolute atomic E-state index is 0.0613. The Morgan fingerprint density at radius 3 is 2.57 bits per heavy atom. The second-order valence-corrected chi connectivity index (χ2v) is 2.79. The van der Waals surface area contributed by atoms with Crippen LogP contribution in [0.3, 0.4) is 0 Å². The van der Waals surface area contributed by atoms with Crippen molar-refractivity contribution in [1.29, 1.82) is 0 Å². The predicted molar refractivity (Wildman–Crippen MR) is 56.9 cm³/mol. The van der Waals surface area contributed by atoms with Crippen LogP contribution in [0.2, 0.25) is 0 Å². The van der Waals surface area contributed by atoms with E-state index < -0.39 is 0 Å². The van der Waals surface area contributed by atoms with Gasteiger partial charge in [0.05, 0.1) is 11.1 Å². The Hall–Kier alpha value is -1.83. The molecule has 0 amide bonds. The molecular formula is C12H12O2. The van der Waals surface area contributed by atoms with Crippen LogP contribution in [0.4, 0.5) is 0 Å². The average Bonchev–Trinajstić information content (AvgIpc) is 2.19. The van der Waals surface area contributed by atoms with E-state index >= 15 is 0 Å². The van der Waals surface area contributed by atoms with Crippen LogP contribution in [0.15, 0.2) is 59.9 Å². The third-order valence-corrected chi connectivity index (χ3v) is 1.85. The number of allylic oxidation sites excluding steroid dienone is 8. The van der Waals surface area contributed by atoms with Crippen LogP contribution in [-0.4, -0.2) is 10.9 Å². The van der Waals surface area contributed by atoms with E-state index in [9.17, 15) is 9.90 Å². The number of carbonyl (C=O) groups is 1. The molecule has 0 aromatic heterocycles. The molecule has 1 aliphatic rings. The van der Waals surface area contributed by atoms with E-state index in [1.165, 1.54) is 0 Å². The van der Waals surface area contributed by atoms with Crippen molar-refractivity contribution < 1.29 is 9.90 Å². The Labute approximate surface area is 83.3 Å². The standard InChI is InChI=1S/C12H12O2/c1-3-5-7-9-11(13)10(12(9)14)8-6-4-2/h3-8,13H,1H2,2H3. The Balaban J connectivity index is 2.93. The third-order valence-electron chi connectivity index (χ3n) is 1.85. The number of rotatable bonds is 3. The molecule has 0 heterocycles. The lowest BCUT2D eigenvalue weighted by molar-refractivity contribution is -0.113. The Morgan fingerprint density at radius 1 is 1.36 bits per heavy atom. The van der Waals surface area contributed by atoms with E-state index in [1.54, 1.807) is 36.5 Å². The molecule has 1 rings (SSSR count). The lowest BCUT2D eigenvalue weighted by atomic mass is 9.87. The van der Waals surface area contributed by atoms with Gasteiger partial charge in [-0.25, -0.2) is 0 Å². The summed E-state index contributed by atoms with van der Waals surface area (Å²) in [5.41, 5.74) is 0.715. The average molecular weight is 188 g/mol. The molecule has 0 aromatic rings. The molecule has 72 valence electrons. The van der Waals surface area contributed by atoms with Gasteiger partial charge >= 0.3 is 0 Å². The molecule has 0 radical (unpaired) electrons. The maximum Gasteiger partial charge on any atom is 0.200 e. The van der Waals surface area contributed by atoms with Crippen molar-refractivity contribution in [3.05, 3.63) is 59.9 Å². The Kier molecular flexibility index (Phi) is 3.24. The second-order valence-electron chi connectivity index (χ2n) is 2.79. The van der Waals surface area contributed by atoms with Crippen LogP contribution in [0.1, 0.15) is 6.92 Å². The van der Waals surface area contributed by atoms with Gasteiger partial charge in [0.2, 0.25) is 5.78 Å². The number of ketones is 1. The van der Waals surface area contributed by atoms with Gasteiger partial charge in [0.1, 0.15) is 5.76 Å². The van der Waals surface area contributed by atoms with Gasteiger partial charge in [0.25, 0.3) is 0 Å². The van der Waals surface area contributed by atoms with Crippen LogP contribution < -0.4 is 0 Å². The first-order valence-corrected chi connectivity index (χ1v) is 4.32. The highest BCUT2D eigenvalue weighted by atomic mass is 16.3. The zero-order valence-corrected chi connectivity index (χ0v) is 8.03. The SMILES string of the molecule is C=CC=CC1=C(O)C(=CC=CC)C1=O. The van der Waals surface area contributed by atoms with Crippen molar-refractivity contribution in [1.82, 2.24) is 0 Å². The van der Waals surface area contributed by atoms with Crippen LogP contribution in [-0.2, 0) is 4.79 Å². The van der Waals surface area contributed by atoms with Gasteiger partial charge in [0, 0.05) is 0 Å². The van der Waals surface area contributed by atoms with Crippen molar-refractivity contribution >= 4 is 5.78 Å². The summed E-state index contributed by atoms with van der Waals surface area (Å²) in [6, 6.07) is 0. The summed E-state index contributed by atoms with van der Waals surface area (Å²) in [6.45, 7) is 5.33. The fourth-order valence-electron chi connectivity index (χ4n) is 1.11. The summed E-state index contributed by atoms with van der Waals surface area (Å²) < 4.78 is 0. The second kappa shape index (κ2) is 4.42. The number of aliphatic hydroxyl groups is 1. The van der Waals surface area contributed by atoms with E-state index in [2.05, 4.69) is 6.58 Å². The number of aliphatic hydroxyl groups excluding tert-OH is 1. The van der Waals surface area contributed by atoms with Crippen LogP contribution in [0.25, 0.3) is 0 Å². The van der Waals surface area contributed by atoms with Gasteiger partial charge in [-0.2, -0.15) is 0 Å². The summed E-state index contributed by atoms with van der Waals surface area (Å²) in [6.07, 6.45) is 9.85. The molecule has 0 atom stereocenters. The summed E-state index contributed by atoms with van der Waals surface area (Å²) >= 11 is 0. The molecule has 0 bridgehead atoms. The maximum atomic E-state index is 11.4. The monoisotopic (exact) mass is 188 g/mol. The molecule has 0 saturated carbocycles. The largest absolute Gasteiger partial charge is 0.506 e. The molecule has 1 aliphatic carbocycles. The molecule has 0 saturated heterocycles. The van der Waals surface area contributed by atoms with Crippen LogP contribution >= 0.6 is 0 Å². The van der Waals surface area contributed by atoms with Crippen molar-refractivity contribution in [2.75, 3.05) is 0 Å². The molecule has 0 unspecified atom stereocenters. The van der Waals surface area contributed by atoms with Gasteiger partial charge in [-0.1, -0.05) is 30.9 Å². The highest BCUT2D eigenvalue weighted by Crippen LogP contribution is 2.29. The van der Waals surface area contributed by atoms with E-state index in [0.29, 0.717) is 11.1 Å². The van der Waals surface area contributed by atoms with Gasteiger partial charge < -0.3 is 5.11 Å². The minimum Gasteiger partial charge on any atom is -0.506 e. The summed E-state index contributed by atoms with van der Waals surface area (Å²) in [5, 5.41) is 9.46. The lowest BCUT2D eigenvalue weighted by Gasteiger charge is -2.17. The molecule has 2 nitrogen and oxygen atoms in total. The number of Topliss-reactive ketones (excluding diaryl/α,β-unsaturated/α-hetero) is 1. The summed E-state index contributed by atoms with van der Waals surface area (Å²) in [4.78, 5) is 11.4. The van der Waals surface area contributed by atoms with Gasteiger partial charge in [-0.3, -0.25) is 4.79 Å². The highest BCUT2D eigenvalue weighted by Gasteiger charge is 2.30. The summed E-state index contributed by atoms with van der Waals surface area (Å²) in [5.74, 6) is -0.0649.